The van der Waals surface area contributed by atoms with E-state index in [0.29, 0.717) is 37.5 Å². The van der Waals surface area contributed by atoms with E-state index in [2.05, 4.69) is 5.32 Å². The first-order chi connectivity index (χ1) is 16.6. The molecule has 0 radical (unpaired) electrons. The Balaban J connectivity index is 1.68. The Kier molecular flexibility index (Phi) is 8.24. The van der Waals surface area contributed by atoms with E-state index < -0.39 is 24.2 Å². The van der Waals surface area contributed by atoms with Crippen molar-refractivity contribution in [3.8, 4) is 5.75 Å². The van der Waals surface area contributed by atoms with E-state index in [1.165, 1.54) is 0 Å². The van der Waals surface area contributed by atoms with E-state index >= 15 is 0 Å². The third-order valence-electron chi connectivity index (χ3n) is 7.12. The van der Waals surface area contributed by atoms with Crippen molar-refractivity contribution in [2.45, 2.75) is 63.2 Å². The highest BCUT2D eigenvalue weighted by Crippen LogP contribution is 2.47. The molecule has 3 N–H and O–H groups in total. The fourth-order valence-corrected chi connectivity index (χ4v) is 5.49. The molecule has 186 valence electrons. The first-order valence-electron chi connectivity index (χ1n) is 12.5. The number of rotatable bonds is 10. The number of aliphatic hydroxyl groups excluding tert-OH is 2. The minimum absolute atomic E-state index is 0.0263. The summed E-state index contributed by atoms with van der Waals surface area (Å²) < 4.78 is 11.6. The van der Waals surface area contributed by atoms with Gasteiger partial charge in [0.25, 0.3) is 0 Å². The Morgan fingerprint density at radius 3 is 2.74 bits per heavy atom. The lowest BCUT2D eigenvalue weighted by molar-refractivity contribution is -0.141. The molecule has 1 aromatic rings. The predicted molar refractivity (Wildman–Crippen MR) is 126 cm³/mol. The largest absolute Gasteiger partial charge is 0.486 e. The van der Waals surface area contributed by atoms with Crippen LogP contribution in [0.1, 0.15) is 50.5 Å². The highest BCUT2D eigenvalue weighted by atomic mass is 16.5. The Morgan fingerprint density at radius 1 is 1.24 bits per heavy atom. The second-order valence-electron chi connectivity index (χ2n) is 9.24. The van der Waals surface area contributed by atoms with E-state index in [4.69, 9.17) is 9.47 Å². The first kappa shape index (κ1) is 24.7. The van der Waals surface area contributed by atoms with Gasteiger partial charge in [0.05, 0.1) is 18.6 Å². The third kappa shape index (κ3) is 4.99. The molecule has 8 nitrogen and oxygen atoms in total. The molecule has 2 aliphatic carbocycles. The topological polar surface area (TPSA) is 108 Å². The molecule has 1 aliphatic heterocycles. The fourth-order valence-electron chi connectivity index (χ4n) is 5.49. The molecule has 4 rings (SSSR count). The highest BCUT2D eigenvalue weighted by molar-refractivity contribution is 5.96. The van der Waals surface area contributed by atoms with Gasteiger partial charge in [0.15, 0.2) is 0 Å². The second kappa shape index (κ2) is 11.3. The van der Waals surface area contributed by atoms with Gasteiger partial charge in [-0.2, -0.15) is 0 Å². The maximum Gasteiger partial charge on any atom is 0.247 e. The maximum absolute atomic E-state index is 13.6. The Bertz CT molecular complexity index is 897. The van der Waals surface area contributed by atoms with E-state index in [-0.39, 0.29) is 30.9 Å². The molecule has 0 saturated heterocycles. The summed E-state index contributed by atoms with van der Waals surface area (Å²) in [5.41, 5.74) is 1.31. The molecule has 0 aromatic heterocycles. The molecule has 0 unspecified atom stereocenters. The number of amides is 2. The number of fused-ring (bicyclic) bond motifs is 3. The number of carbonyl (C=O) groups is 2. The van der Waals surface area contributed by atoms with Gasteiger partial charge < -0.3 is 29.9 Å². The van der Waals surface area contributed by atoms with E-state index in [9.17, 15) is 19.8 Å². The van der Waals surface area contributed by atoms with Gasteiger partial charge >= 0.3 is 0 Å². The van der Waals surface area contributed by atoms with Gasteiger partial charge in [0.2, 0.25) is 11.8 Å². The molecule has 8 heteroatoms. The third-order valence-corrected chi connectivity index (χ3v) is 7.12. The quantitative estimate of drug-likeness (QED) is 0.448. The zero-order chi connectivity index (χ0) is 24.1. The van der Waals surface area contributed by atoms with E-state index in [1.54, 1.807) is 11.0 Å². The number of para-hydroxylation sites is 1. The number of aliphatic hydroxyl groups is 2. The molecule has 4 atom stereocenters. The van der Waals surface area contributed by atoms with Crippen LogP contribution in [0.5, 0.6) is 5.75 Å². The zero-order valence-corrected chi connectivity index (χ0v) is 19.8. The number of benzene rings is 1. The van der Waals surface area contributed by atoms with Crippen LogP contribution < -0.4 is 10.1 Å². The van der Waals surface area contributed by atoms with Gasteiger partial charge in [0.1, 0.15) is 18.0 Å². The minimum atomic E-state index is -0.982. The van der Waals surface area contributed by atoms with E-state index in [0.717, 1.165) is 31.2 Å². The van der Waals surface area contributed by atoms with Crippen molar-refractivity contribution in [3.63, 3.8) is 0 Å². The van der Waals surface area contributed by atoms with Crippen molar-refractivity contribution < 1.29 is 29.3 Å². The highest BCUT2D eigenvalue weighted by Gasteiger charge is 2.50. The predicted octanol–water partition coefficient (Wildman–Crippen LogP) is 1.75. The smallest absolute Gasteiger partial charge is 0.247 e. The summed E-state index contributed by atoms with van der Waals surface area (Å²) in [7, 11) is 0. The summed E-state index contributed by atoms with van der Waals surface area (Å²) in [6, 6.07) is 6.81. The lowest BCUT2D eigenvalue weighted by Crippen LogP contribution is -2.56. The molecule has 2 amide bonds. The Hall–Kier alpha value is -2.42. The molecule has 0 spiro atoms. The summed E-state index contributed by atoms with van der Waals surface area (Å²) >= 11 is 0. The van der Waals surface area contributed by atoms with Crippen LogP contribution >= 0.6 is 0 Å². The van der Waals surface area contributed by atoms with Crippen molar-refractivity contribution in [1.29, 1.82) is 0 Å². The summed E-state index contributed by atoms with van der Waals surface area (Å²) in [6.45, 7) is 3.45. The standard InChI is InChI=1S/C26H36N2O6/c1-2-33-15-7-13-28(26(32)17-8-3-4-9-17)20-16-19(25(31)27-12-14-29)22-18-10-5-6-11-21(18)34-24(22)23(20)30/h5-6,10-11,16-17,20,22-24,29-30H,2-4,7-9,12-15H2,1H3,(H,27,31)/t20-,22+,23+,24+/m1/s1. The van der Waals surface area contributed by atoms with E-state index in [1.807, 2.05) is 31.2 Å². The number of ether oxygens (including phenoxy) is 2. The van der Waals surface area contributed by atoms with Crippen molar-refractivity contribution >= 4 is 11.8 Å². The average Bonchev–Trinajstić information content (AvgIpc) is 3.52. The van der Waals surface area contributed by atoms with Crippen molar-refractivity contribution in [2.75, 3.05) is 32.9 Å². The maximum atomic E-state index is 13.6. The molecule has 1 heterocycles. The molecule has 3 aliphatic rings. The van der Waals surface area contributed by atoms with Crippen molar-refractivity contribution in [1.82, 2.24) is 10.2 Å². The van der Waals surface area contributed by atoms with Gasteiger partial charge in [-0.15, -0.1) is 0 Å². The number of nitrogens with one attached hydrogen (secondary N) is 1. The zero-order valence-electron chi connectivity index (χ0n) is 19.8. The minimum Gasteiger partial charge on any atom is -0.486 e. The van der Waals surface area contributed by atoms with Crippen LogP contribution in [0.2, 0.25) is 0 Å². The molecular formula is C26H36N2O6. The number of carbonyl (C=O) groups excluding carboxylic acids is 2. The van der Waals surface area contributed by atoms with Gasteiger partial charge in [-0.3, -0.25) is 9.59 Å². The summed E-state index contributed by atoms with van der Waals surface area (Å²) in [5.74, 6) is -0.142. The van der Waals surface area contributed by atoms with Gasteiger partial charge in [-0.25, -0.2) is 0 Å². The normalized spacial score (nSPS) is 25.8. The molecule has 34 heavy (non-hydrogen) atoms. The number of nitrogens with zero attached hydrogens (tertiary/aromatic N) is 1. The van der Waals surface area contributed by atoms with Crippen LogP contribution in [0, 0.1) is 5.92 Å². The molecule has 1 fully saturated rings. The van der Waals surface area contributed by atoms with Crippen LogP contribution in [-0.4, -0.2) is 78.1 Å². The molecule has 1 saturated carbocycles. The summed E-state index contributed by atoms with van der Waals surface area (Å²) in [4.78, 5) is 28.5. The van der Waals surface area contributed by atoms with Crippen LogP contribution in [0.15, 0.2) is 35.9 Å². The molecule has 0 bridgehead atoms. The van der Waals surface area contributed by atoms with Crippen LogP contribution in [0.4, 0.5) is 0 Å². The lowest BCUT2D eigenvalue weighted by Gasteiger charge is -2.41. The van der Waals surface area contributed by atoms with Gasteiger partial charge in [-0.1, -0.05) is 31.0 Å². The Morgan fingerprint density at radius 2 is 2.00 bits per heavy atom. The molecular weight excluding hydrogens is 436 g/mol. The second-order valence-corrected chi connectivity index (χ2v) is 9.24. The monoisotopic (exact) mass is 472 g/mol. The Labute approximate surface area is 200 Å². The van der Waals surface area contributed by atoms with Gasteiger partial charge in [0, 0.05) is 43.4 Å². The number of hydrogen-bond acceptors (Lipinski definition) is 6. The number of hydrogen-bond donors (Lipinski definition) is 3. The average molecular weight is 473 g/mol. The van der Waals surface area contributed by atoms with Crippen LogP contribution in [-0.2, 0) is 14.3 Å². The molecule has 1 aromatic carbocycles. The summed E-state index contributed by atoms with van der Waals surface area (Å²) in [6.07, 6.45) is 4.50. The van der Waals surface area contributed by atoms with Crippen molar-refractivity contribution in [3.05, 3.63) is 41.5 Å². The fraction of sp³-hybridized carbons (Fsp3) is 0.615. The van der Waals surface area contributed by atoms with Crippen LogP contribution in [0.25, 0.3) is 0 Å². The van der Waals surface area contributed by atoms with Crippen molar-refractivity contribution in [2.24, 2.45) is 5.92 Å². The lowest BCUT2D eigenvalue weighted by atomic mass is 9.77. The van der Waals surface area contributed by atoms with Crippen LogP contribution in [0.3, 0.4) is 0 Å². The van der Waals surface area contributed by atoms with Gasteiger partial charge in [-0.05, 0) is 38.3 Å². The first-order valence-corrected chi connectivity index (χ1v) is 12.5. The SMILES string of the molecule is CCOCCCN(C(=O)C1CCCC1)[C@@H]1C=C(C(=O)NCCO)[C@@H]2c3ccccc3O[C@@H]2[C@H]1O. The summed E-state index contributed by atoms with van der Waals surface area (Å²) in [5, 5.41) is 23.4.